The summed E-state index contributed by atoms with van der Waals surface area (Å²) in [6.07, 6.45) is -6.32. The molecule has 0 spiro atoms. The average Bonchev–Trinajstić information content (AvgIpc) is 3.54. The number of carbonyl (C=O) groups is 2. The number of carbonyl (C=O) groups excluding carboxylic acids is 2. The summed E-state index contributed by atoms with van der Waals surface area (Å²) in [4.78, 5) is 25.4. The number of sulfone groups is 2. The lowest BCUT2D eigenvalue weighted by molar-refractivity contribution is 0.0163. The van der Waals surface area contributed by atoms with Gasteiger partial charge in [-0.2, -0.15) is 10.2 Å². The van der Waals surface area contributed by atoms with Crippen LogP contribution in [0.3, 0.4) is 0 Å². The summed E-state index contributed by atoms with van der Waals surface area (Å²) in [6.45, 7) is 11.3. The van der Waals surface area contributed by atoms with Gasteiger partial charge in [-0.15, -0.1) is 0 Å². The van der Waals surface area contributed by atoms with Crippen molar-refractivity contribution in [1.29, 1.82) is 0 Å². The summed E-state index contributed by atoms with van der Waals surface area (Å²) < 4.78 is 130. The summed E-state index contributed by atoms with van der Waals surface area (Å²) in [5, 5.41) is 6.03. The van der Waals surface area contributed by atoms with E-state index >= 15 is 0 Å². The van der Waals surface area contributed by atoms with Crippen molar-refractivity contribution in [3.63, 3.8) is 0 Å². The lowest BCUT2D eigenvalue weighted by atomic mass is 9.98. The van der Waals surface area contributed by atoms with Crippen molar-refractivity contribution in [3.05, 3.63) is 21.7 Å². The summed E-state index contributed by atoms with van der Waals surface area (Å²) in [5.74, 6) is -1.55. The molecular formula is C32H47Cl2F5N6O8S2. The van der Waals surface area contributed by atoms with E-state index in [-0.39, 0.29) is 42.8 Å². The van der Waals surface area contributed by atoms with Crippen LogP contribution >= 0.6 is 23.2 Å². The maximum absolute atomic E-state index is 14.9. The van der Waals surface area contributed by atoms with E-state index in [2.05, 4.69) is 10.2 Å². The fourth-order valence-corrected chi connectivity index (χ4v) is 10.6. The molecule has 2 amide bonds. The first-order valence-corrected chi connectivity index (χ1v) is 21.1. The smallest absolute Gasteiger partial charge is 0.410 e. The van der Waals surface area contributed by atoms with Crippen molar-refractivity contribution >= 4 is 55.1 Å². The number of nitrogens with zero attached hydrogens (tertiary/aromatic N) is 6. The zero-order chi connectivity index (χ0) is 42.0. The number of aromatic nitrogens is 4. The van der Waals surface area contributed by atoms with E-state index in [0.29, 0.717) is 25.9 Å². The maximum Gasteiger partial charge on any atom is 0.410 e. The summed E-state index contributed by atoms with van der Waals surface area (Å²) in [7, 11) is -6.32. The molecule has 0 N–H and O–H groups in total. The van der Waals surface area contributed by atoms with E-state index in [9.17, 15) is 48.4 Å². The number of likely N-dealkylation sites (tertiary alicyclic amines) is 2. The minimum atomic E-state index is -4.79. The molecule has 2 fully saturated rings. The third kappa shape index (κ3) is 11.8. The number of ether oxygens (including phenoxy) is 2. The van der Waals surface area contributed by atoms with E-state index in [1.807, 2.05) is 0 Å². The molecule has 4 rings (SSSR count). The van der Waals surface area contributed by atoms with Crippen molar-refractivity contribution in [2.75, 3.05) is 31.9 Å². The molecule has 14 nitrogen and oxygen atoms in total. The third-order valence-corrected chi connectivity index (χ3v) is 13.5. The first kappa shape index (κ1) is 46.5. The molecule has 0 radical (unpaired) electrons. The summed E-state index contributed by atoms with van der Waals surface area (Å²) in [5.41, 5.74) is -5.63. The molecule has 55 heavy (non-hydrogen) atoms. The second-order valence-corrected chi connectivity index (χ2v) is 19.9. The Morgan fingerprint density at radius 2 is 1.07 bits per heavy atom. The van der Waals surface area contributed by atoms with Crippen molar-refractivity contribution in [2.45, 2.75) is 107 Å². The predicted octanol–water partition coefficient (Wildman–Crippen LogP) is 7.16. The molecule has 2 aromatic rings. The molecule has 0 aromatic carbocycles. The van der Waals surface area contributed by atoms with E-state index in [4.69, 9.17) is 32.7 Å². The molecule has 4 heterocycles. The van der Waals surface area contributed by atoms with Crippen molar-refractivity contribution in [2.24, 2.45) is 25.9 Å². The summed E-state index contributed by atoms with van der Waals surface area (Å²) in [6, 6.07) is 0. The number of piperidine rings is 2. The summed E-state index contributed by atoms with van der Waals surface area (Å²) >= 11 is 11.7. The number of alkyl halides is 5. The van der Waals surface area contributed by atoms with Crippen LogP contribution in [0.2, 0.25) is 10.3 Å². The van der Waals surface area contributed by atoms with Gasteiger partial charge < -0.3 is 19.3 Å². The van der Waals surface area contributed by atoms with Crippen molar-refractivity contribution in [3.8, 4) is 0 Å². The second kappa shape index (κ2) is 17.7. The van der Waals surface area contributed by atoms with Gasteiger partial charge in [0.15, 0.2) is 9.84 Å². The minimum Gasteiger partial charge on any atom is -0.444 e. The van der Waals surface area contributed by atoms with Gasteiger partial charge in [-0.3, -0.25) is 9.36 Å². The van der Waals surface area contributed by atoms with Crippen LogP contribution in [0.1, 0.15) is 91.5 Å². The van der Waals surface area contributed by atoms with Crippen molar-refractivity contribution < 1.29 is 57.9 Å². The van der Waals surface area contributed by atoms with Crippen LogP contribution in [-0.4, -0.2) is 107 Å². The molecule has 1 atom stereocenters. The Bertz CT molecular complexity index is 1900. The van der Waals surface area contributed by atoms with E-state index in [0.717, 1.165) is 9.36 Å². The molecule has 2 aromatic heterocycles. The van der Waals surface area contributed by atoms with Gasteiger partial charge in [-0.05, 0) is 73.1 Å². The molecule has 0 saturated carbocycles. The zero-order valence-corrected chi connectivity index (χ0v) is 34.8. The van der Waals surface area contributed by atoms with Crippen LogP contribution in [0.15, 0.2) is 9.79 Å². The lowest BCUT2D eigenvalue weighted by Crippen LogP contribution is -2.44. The van der Waals surface area contributed by atoms with Gasteiger partial charge in [-0.1, -0.05) is 23.2 Å². The predicted molar refractivity (Wildman–Crippen MR) is 192 cm³/mol. The Kier molecular flexibility index (Phi) is 15.0. The molecule has 314 valence electrons. The number of aryl methyl sites for hydroxylation is 2. The largest absolute Gasteiger partial charge is 0.444 e. The molecule has 0 bridgehead atoms. The molecule has 1 unspecified atom stereocenters. The van der Waals surface area contributed by atoms with Gasteiger partial charge in [0.2, 0.25) is 15.3 Å². The van der Waals surface area contributed by atoms with Crippen LogP contribution in [-0.2, 0) is 43.2 Å². The third-order valence-electron chi connectivity index (χ3n) is 8.51. The molecular weight excluding hydrogens is 826 g/mol. The quantitative estimate of drug-likeness (QED) is 0.249. The molecule has 2 saturated heterocycles. The zero-order valence-electron chi connectivity index (χ0n) is 31.7. The van der Waals surface area contributed by atoms with Crippen LogP contribution < -0.4 is 0 Å². The highest BCUT2D eigenvalue weighted by Crippen LogP contribution is 2.38. The minimum absolute atomic E-state index is 0.0432. The van der Waals surface area contributed by atoms with E-state index in [1.54, 1.807) is 41.5 Å². The Morgan fingerprint density at radius 1 is 0.709 bits per heavy atom. The highest BCUT2D eigenvalue weighted by atomic mass is 35.5. The molecule has 2 aliphatic rings. The van der Waals surface area contributed by atoms with Gasteiger partial charge >= 0.3 is 12.2 Å². The Hall–Kier alpha value is -2.91. The monoisotopic (exact) mass is 872 g/mol. The number of amides is 2. The molecule has 2 aliphatic heterocycles. The van der Waals surface area contributed by atoms with Gasteiger partial charge in [-0.25, -0.2) is 48.4 Å². The van der Waals surface area contributed by atoms with Crippen LogP contribution in [0.5, 0.6) is 0 Å². The van der Waals surface area contributed by atoms with Gasteiger partial charge in [0.05, 0.1) is 5.75 Å². The van der Waals surface area contributed by atoms with Gasteiger partial charge in [0, 0.05) is 46.2 Å². The average molecular weight is 874 g/mol. The first-order valence-electron chi connectivity index (χ1n) is 17.1. The normalized spacial score (nSPS) is 17.3. The highest BCUT2D eigenvalue weighted by molar-refractivity contribution is 7.92. The fourth-order valence-electron chi connectivity index (χ4n) is 5.88. The Balaban J connectivity index is 0.000000296. The number of hydrogen-bond donors (Lipinski definition) is 0. The van der Waals surface area contributed by atoms with Crippen LogP contribution in [0.25, 0.3) is 0 Å². The topological polar surface area (TPSA) is 163 Å². The van der Waals surface area contributed by atoms with Crippen LogP contribution in [0, 0.1) is 11.8 Å². The van der Waals surface area contributed by atoms with Crippen molar-refractivity contribution in [1.82, 2.24) is 29.4 Å². The highest BCUT2D eigenvalue weighted by Gasteiger charge is 2.43. The fraction of sp³-hybridized carbons (Fsp3) is 0.750. The van der Waals surface area contributed by atoms with E-state index in [1.165, 1.54) is 23.9 Å². The molecule has 0 aliphatic carbocycles. The Morgan fingerprint density at radius 3 is 1.45 bits per heavy atom. The van der Waals surface area contributed by atoms with Crippen LogP contribution in [0.4, 0.5) is 31.5 Å². The number of rotatable bonds is 8. The maximum atomic E-state index is 14.9. The van der Waals surface area contributed by atoms with Gasteiger partial charge in [0.25, 0.3) is 12.9 Å². The number of halogens is 7. The SMILES string of the molecule is Cn1nc(C(F)F)c(S(=O)(=O)C(F)C2CCN(C(=O)OC(C)(C)C)CC2)c1Cl.Cn1nc(C(F)F)c(S(=O)(=O)CC2CCN(C(=O)OC(C)(C)C)CC2)c1Cl. The van der Waals surface area contributed by atoms with E-state index < -0.39 is 93.7 Å². The molecule has 23 heteroatoms. The standard InChI is InChI=1S/C16H23ClF3N3O4S.C16H24ClF2N3O4S/c1-16(2,3)27-15(24)23-7-5-9(6-8-23)14(20)28(25,26)11-10(13(18)19)21-22(4)12(11)17;1-16(2,3)26-15(23)22-7-5-10(6-8-22)9-27(24,25)12-11(14(18)19)20-21(4)13(12)17/h9,13-14H,5-8H2,1-4H3;10,14H,5-9H2,1-4H3. The second-order valence-electron chi connectivity index (χ2n) is 15.3. The van der Waals surface area contributed by atoms with Gasteiger partial charge in [0.1, 0.15) is 42.7 Å². The lowest BCUT2D eigenvalue weighted by Gasteiger charge is -2.34. The first-order chi connectivity index (χ1) is 25.1. The number of hydrogen-bond acceptors (Lipinski definition) is 10. The Labute approximate surface area is 327 Å².